The molecule has 0 radical (unpaired) electrons. The van der Waals surface area contributed by atoms with Crippen LogP contribution >= 0.6 is 0 Å². The minimum atomic E-state index is -0.348. The van der Waals surface area contributed by atoms with E-state index in [0.29, 0.717) is 13.1 Å². The molecule has 0 unspecified atom stereocenters. The van der Waals surface area contributed by atoms with Crippen molar-refractivity contribution in [1.29, 1.82) is 0 Å². The van der Waals surface area contributed by atoms with Crippen LogP contribution in [0.2, 0.25) is 0 Å². The van der Waals surface area contributed by atoms with Crippen molar-refractivity contribution in [3.05, 3.63) is 83.9 Å². The molecule has 2 aliphatic rings. The number of hydrogen-bond donors (Lipinski definition) is 1. The number of rotatable bonds is 3. The van der Waals surface area contributed by atoms with Crippen LogP contribution in [0.1, 0.15) is 24.0 Å². The monoisotopic (exact) mass is 427 g/mol. The summed E-state index contributed by atoms with van der Waals surface area (Å²) in [5.74, 6) is 1.19. The Kier molecular flexibility index (Phi) is 5.27. The molecule has 0 saturated carbocycles. The molecule has 5 rings (SSSR count). The first-order valence-electron chi connectivity index (χ1n) is 10.9. The van der Waals surface area contributed by atoms with E-state index in [1.807, 2.05) is 77.7 Å². The van der Waals surface area contributed by atoms with Gasteiger partial charge in [0, 0.05) is 55.6 Å². The van der Waals surface area contributed by atoms with Crippen LogP contribution in [-0.2, 0) is 9.59 Å². The third-order valence-corrected chi connectivity index (χ3v) is 6.07. The number of nitrogens with one attached hydrogen (secondary N) is 1. The number of anilines is 2. The van der Waals surface area contributed by atoms with Crippen LogP contribution in [0.5, 0.6) is 11.5 Å². The molecule has 3 aromatic rings. The standard InChI is InChI=1S/C26H25N3O3/c1-18(30)27-19-10-12-20(13-11-19)28-14-16-29(17-15-28)26(31)25-21-6-2-4-8-23(21)32-24-9-5-3-7-22(24)25/h2-13,25H,14-17H2,1H3,(H,27,30). The van der Waals surface area contributed by atoms with E-state index in [0.717, 1.165) is 47.1 Å². The summed E-state index contributed by atoms with van der Waals surface area (Å²) in [6, 6.07) is 23.4. The molecular formula is C26H25N3O3. The van der Waals surface area contributed by atoms with Gasteiger partial charge in [0.1, 0.15) is 11.5 Å². The highest BCUT2D eigenvalue weighted by atomic mass is 16.5. The Morgan fingerprint density at radius 2 is 1.38 bits per heavy atom. The molecule has 3 aromatic carbocycles. The largest absolute Gasteiger partial charge is 0.457 e. The predicted octanol–water partition coefficient (Wildman–Crippen LogP) is 4.23. The second-order valence-electron chi connectivity index (χ2n) is 8.15. The maximum absolute atomic E-state index is 13.7. The van der Waals surface area contributed by atoms with E-state index in [1.165, 1.54) is 6.92 Å². The number of hydrogen-bond acceptors (Lipinski definition) is 4. The summed E-state index contributed by atoms with van der Waals surface area (Å²) in [6.07, 6.45) is 0. The van der Waals surface area contributed by atoms with Gasteiger partial charge in [0.15, 0.2) is 0 Å². The van der Waals surface area contributed by atoms with Crippen LogP contribution in [-0.4, -0.2) is 42.9 Å². The van der Waals surface area contributed by atoms with Crippen molar-refractivity contribution in [2.24, 2.45) is 0 Å². The van der Waals surface area contributed by atoms with Crippen LogP contribution in [0, 0.1) is 0 Å². The van der Waals surface area contributed by atoms with Crippen LogP contribution in [0.4, 0.5) is 11.4 Å². The lowest BCUT2D eigenvalue weighted by atomic mass is 9.86. The maximum Gasteiger partial charge on any atom is 0.234 e. The van der Waals surface area contributed by atoms with Gasteiger partial charge in [-0.1, -0.05) is 36.4 Å². The number of para-hydroxylation sites is 2. The minimum Gasteiger partial charge on any atom is -0.457 e. The number of piperazine rings is 1. The van der Waals surface area contributed by atoms with Gasteiger partial charge in [-0.2, -0.15) is 0 Å². The van der Waals surface area contributed by atoms with Crippen molar-refractivity contribution in [2.75, 3.05) is 36.4 Å². The highest BCUT2D eigenvalue weighted by Crippen LogP contribution is 2.44. The highest BCUT2D eigenvalue weighted by Gasteiger charge is 2.36. The Hall–Kier alpha value is -3.80. The van der Waals surface area contributed by atoms with Gasteiger partial charge in [-0.15, -0.1) is 0 Å². The lowest BCUT2D eigenvalue weighted by molar-refractivity contribution is -0.132. The minimum absolute atomic E-state index is 0.0823. The van der Waals surface area contributed by atoms with Crippen molar-refractivity contribution in [1.82, 2.24) is 4.90 Å². The molecule has 0 bridgehead atoms. The topological polar surface area (TPSA) is 61.9 Å². The summed E-state index contributed by atoms with van der Waals surface area (Å²) in [5, 5.41) is 2.79. The summed E-state index contributed by atoms with van der Waals surface area (Å²) in [6.45, 7) is 4.34. The van der Waals surface area contributed by atoms with Crippen LogP contribution < -0.4 is 15.0 Å². The van der Waals surface area contributed by atoms with Gasteiger partial charge in [0.2, 0.25) is 11.8 Å². The van der Waals surface area contributed by atoms with Gasteiger partial charge in [-0.3, -0.25) is 9.59 Å². The molecule has 162 valence electrons. The summed E-state index contributed by atoms with van der Waals surface area (Å²) >= 11 is 0. The van der Waals surface area contributed by atoms with Crippen molar-refractivity contribution >= 4 is 23.2 Å². The number of ether oxygens (including phenoxy) is 1. The summed E-state index contributed by atoms with van der Waals surface area (Å²) in [7, 11) is 0. The number of fused-ring (bicyclic) bond motifs is 2. The number of benzene rings is 3. The zero-order chi connectivity index (χ0) is 22.1. The molecule has 6 heteroatoms. The predicted molar refractivity (Wildman–Crippen MR) is 124 cm³/mol. The average molecular weight is 428 g/mol. The van der Waals surface area contributed by atoms with E-state index in [9.17, 15) is 9.59 Å². The fraction of sp³-hybridized carbons (Fsp3) is 0.231. The van der Waals surface area contributed by atoms with Crippen LogP contribution in [0.15, 0.2) is 72.8 Å². The maximum atomic E-state index is 13.7. The fourth-order valence-corrected chi connectivity index (χ4v) is 4.50. The normalized spacial score (nSPS) is 15.4. The lowest BCUT2D eigenvalue weighted by Crippen LogP contribution is -2.50. The zero-order valence-electron chi connectivity index (χ0n) is 18.0. The first kappa shape index (κ1) is 20.1. The summed E-state index contributed by atoms with van der Waals surface area (Å²) in [5.41, 5.74) is 3.72. The van der Waals surface area contributed by atoms with Crippen molar-refractivity contribution in [3.63, 3.8) is 0 Å². The third kappa shape index (κ3) is 3.80. The Bertz CT molecular complexity index is 1110. The molecule has 32 heavy (non-hydrogen) atoms. The second kappa shape index (κ2) is 8.38. The average Bonchev–Trinajstić information content (AvgIpc) is 2.82. The molecule has 1 saturated heterocycles. The quantitative estimate of drug-likeness (QED) is 0.680. The Morgan fingerprint density at radius 3 is 1.94 bits per heavy atom. The lowest BCUT2D eigenvalue weighted by Gasteiger charge is -2.38. The van der Waals surface area contributed by atoms with E-state index in [-0.39, 0.29) is 17.7 Å². The van der Waals surface area contributed by atoms with Crippen molar-refractivity contribution in [3.8, 4) is 11.5 Å². The van der Waals surface area contributed by atoms with Gasteiger partial charge in [0.25, 0.3) is 0 Å². The molecule has 0 spiro atoms. The molecule has 6 nitrogen and oxygen atoms in total. The molecule has 1 fully saturated rings. The van der Waals surface area contributed by atoms with E-state index in [2.05, 4.69) is 10.2 Å². The first-order valence-corrected chi connectivity index (χ1v) is 10.9. The number of carbonyl (C=O) groups is 2. The van der Waals surface area contributed by atoms with Gasteiger partial charge in [-0.05, 0) is 36.4 Å². The Labute approximate surface area is 187 Å². The number of carbonyl (C=O) groups excluding carboxylic acids is 2. The highest BCUT2D eigenvalue weighted by molar-refractivity contribution is 5.90. The summed E-state index contributed by atoms with van der Waals surface area (Å²) in [4.78, 5) is 29.1. The smallest absolute Gasteiger partial charge is 0.234 e. The number of nitrogens with zero attached hydrogens (tertiary/aromatic N) is 2. The molecule has 2 aliphatic heterocycles. The molecule has 0 atom stereocenters. The second-order valence-corrected chi connectivity index (χ2v) is 8.15. The van der Waals surface area contributed by atoms with Gasteiger partial charge in [0.05, 0.1) is 5.92 Å². The van der Waals surface area contributed by atoms with E-state index in [1.54, 1.807) is 0 Å². The molecule has 2 amide bonds. The Morgan fingerprint density at radius 1 is 0.812 bits per heavy atom. The third-order valence-electron chi connectivity index (χ3n) is 6.07. The van der Waals surface area contributed by atoms with Crippen LogP contribution in [0.3, 0.4) is 0 Å². The van der Waals surface area contributed by atoms with E-state index in [4.69, 9.17) is 4.74 Å². The molecule has 0 aliphatic carbocycles. The van der Waals surface area contributed by atoms with Gasteiger partial charge >= 0.3 is 0 Å². The van der Waals surface area contributed by atoms with Gasteiger partial charge < -0.3 is 19.9 Å². The summed E-state index contributed by atoms with van der Waals surface area (Å²) < 4.78 is 6.05. The van der Waals surface area contributed by atoms with Crippen LogP contribution in [0.25, 0.3) is 0 Å². The van der Waals surface area contributed by atoms with Crippen molar-refractivity contribution in [2.45, 2.75) is 12.8 Å². The fourth-order valence-electron chi connectivity index (χ4n) is 4.50. The van der Waals surface area contributed by atoms with E-state index < -0.39 is 0 Å². The van der Waals surface area contributed by atoms with E-state index >= 15 is 0 Å². The molecule has 2 heterocycles. The molecule has 1 N–H and O–H groups in total. The first-order chi connectivity index (χ1) is 15.6. The van der Waals surface area contributed by atoms with Gasteiger partial charge in [-0.25, -0.2) is 0 Å². The van der Waals surface area contributed by atoms with Crippen molar-refractivity contribution < 1.29 is 14.3 Å². The zero-order valence-corrected chi connectivity index (χ0v) is 18.0. The SMILES string of the molecule is CC(=O)Nc1ccc(N2CCN(C(=O)C3c4ccccc4Oc4ccccc43)CC2)cc1. The Balaban J connectivity index is 1.32. The molecular weight excluding hydrogens is 402 g/mol. The molecule has 0 aromatic heterocycles. The number of amides is 2.